The second-order valence-electron chi connectivity index (χ2n) is 4.20. The number of nitrogens with one attached hydrogen (secondary N) is 1. The summed E-state index contributed by atoms with van der Waals surface area (Å²) in [5.74, 6) is -0.136. The highest BCUT2D eigenvalue weighted by Gasteiger charge is 2.17. The lowest BCUT2D eigenvalue weighted by Crippen LogP contribution is -2.39. The number of aliphatic carboxylic acids is 1. The highest BCUT2D eigenvalue weighted by atomic mass is 32.2. The van der Waals surface area contributed by atoms with Crippen LogP contribution in [0.2, 0.25) is 0 Å². The molecule has 0 fully saturated rings. The monoisotopic (exact) mass is 292 g/mol. The molecule has 0 spiro atoms. The minimum Gasteiger partial charge on any atom is -0.480 e. The molecule has 0 saturated carbocycles. The van der Waals surface area contributed by atoms with E-state index in [0.29, 0.717) is 23.5 Å². The third-order valence-corrected chi connectivity index (χ3v) is 3.66. The van der Waals surface area contributed by atoms with Gasteiger partial charge in [-0.25, -0.2) is 4.79 Å². The summed E-state index contributed by atoms with van der Waals surface area (Å²) in [4.78, 5) is 21.8. The number of carboxylic acids is 1. The van der Waals surface area contributed by atoms with Crippen LogP contribution in [0.3, 0.4) is 0 Å². The molecule has 0 radical (unpaired) electrons. The number of rotatable bonds is 7. The van der Waals surface area contributed by atoms with Crippen molar-refractivity contribution in [2.45, 2.75) is 25.1 Å². The Labute approximate surface area is 122 Å². The molecule has 1 atom stereocenters. The normalized spacial score (nSPS) is 11.4. The molecule has 0 bridgehead atoms. The molecule has 20 heavy (non-hydrogen) atoms. The van der Waals surface area contributed by atoms with E-state index in [1.54, 1.807) is 17.8 Å². The maximum atomic E-state index is 10.9. The van der Waals surface area contributed by atoms with Gasteiger partial charge in [-0.2, -0.15) is 17.0 Å². The lowest BCUT2D eigenvalue weighted by molar-refractivity contribution is -0.141. The number of carbonyl (C=O) groups is 2. The summed E-state index contributed by atoms with van der Waals surface area (Å²) < 4.78 is 0. The number of nitrogens with zero attached hydrogens (tertiary/aromatic N) is 1. The van der Waals surface area contributed by atoms with E-state index in [2.05, 4.69) is 11.4 Å². The highest BCUT2D eigenvalue weighted by molar-refractivity contribution is 7.98. The van der Waals surface area contributed by atoms with E-state index in [1.165, 1.54) is 6.92 Å². The lowest BCUT2D eigenvalue weighted by Gasteiger charge is -2.12. The van der Waals surface area contributed by atoms with Gasteiger partial charge in [0.15, 0.2) is 0 Å². The summed E-state index contributed by atoms with van der Waals surface area (Å²) in [5, 5.41) is 20.3. The summed E-state index contributed by atoms with van der Waals surface area (Å²) in [5.41, 5.74) is 1.57. The molecular formula is C14H16N2O3S. The van der Waals surface area contributed by atoms with E-state index in [4.69, 9.17) is 10.4 Å². The van der Waals surface area contributed by atoms with Crippen molar-refractivity contribution in [3.05, 3.63) is 35.4 Å². The molecular weight excluding hydrogens is 276 g/mol. The summed E-state index contributed by atoms with van der Waals surface area (Å²) in [6.07, 6.45) is 0.355. The van der Waals surface area contributed by atoms with E-state index in [9.17, 15) is 9.59 Å². The van der Waals surface area contributed by atoms with Crippen LogP contribution < -0.4 is 5.32 Å². The number of carboxylic acid groups (broad SMARTS) is 1. The zero-order valence-electron chi connectivity index (χ0n) is 11.1. The molecule has 0 saturated heterocycles. The van der Waals surface area contributed by atoms with Gasteiger partial charge in [0.05, 0.1) is 11.6 Å². The Balaban J connectivity index is 2.42. The second-order valence-corrected chi connectivity index (χ2v) is 5.31. The topological polar surface area (TPSA) is 90.2 Å². The molecule has 1 amide bonds. The standard InChI is InChI=1S/C14H16N2O3S/c1-10(17)16-13(14(18)19)6-7-20-9-12-5-3-2-4-11(12)8-15/h2-5,13H,6-7,9H2,1H3,(H,16,17)(H,18,19). The van der Waals surface area contributed by atoms with Crippen LogP contribution in [0.5, 0.6) is 0 Å². The lowest BCUT2D eigenvalue weighted by atomic mass is 10.1. The fraction of sp³-hybridized carbons (Fsp3) is 0.357. The van der Waals surface area contributed by atoms with Gasteiger partial charge in [0, 0.05) is 12.7 Å². The molecule has 1 unspecified atom stereocenters. The van der Waals surface area contributed by atoms with Gasteiger partial charge in [0.2, 0.25) is 5.91 Å². The van der Waals surface area contributed by atoms with Gasteiger partial charge in [-0.05, 0) is 23.8 Å². The predicted molar refractivity (Wildman–Crippen MR) is 77.2 cm³/mol. The first-order chi connectivity index (χ1) is 9.54. The van der Waals surface area contributed by atoms with Crippen molar-refractivity contribution in [1.29, 1.82) is 5.26 Å². The zero-order chi connectivity index (χ0) is 15.0. The third kappa shape index (κ3) is 5.33. The van der Waals surface area contributed by atoms with E-state index in [-0.39, 0.29) is 5.91 Å². The first-order valence-electron chi connectivity index (χ1n) is 6.10. The Morgan fingerprint density at radius 3 is 2.75 bits per heavy atom. The van der Waals surface area contributed by atoms with E-state index in [0.717, 1.165) is 5.56 Å². The smallest absolute Gasteiger partial charge is 0.326 e. The summed E-state index contributed by atoms with van der Waals surface area (Å²) in [6, 6.07) is 8.59. The summed E-state index contributed by atoms with van der Waals surface area (Å²) >= 11 is 1.54. The Hall–Kier alpha value is -2.00. The van der Waals surface area contributed by atoms with Gasteiger partial charge in [-0.1, -0.05) is 18.2 Å². The van der Waals surface area contributed by atoms with Gasteiger partial charge < -0.3 is 10.4 Å². The summed E-state index contributed by atoms with van der Waals surface area (Å²) in [7, 11) is 0. The first kappa shape index (κ1) is 16.1. The SMILES string of the molecule is CC(=O)NC(CCSCc1ccccc1C#N)C(=O)O. The molecule has 6 heteroatoms. The van der Waals surface area contributed by atoms with Crippen molar-refractivity contribution < 1.29 is 14.7 Å². The summed E-state index contributed by atoms with van der Waals surface area (Å²) in [6.45, 7) is 1.30. The van der Waals surface area contributed by atoms with Crippen LogP contribution in [0.25, 0.3) is 0 Å². The predicted octanol–water partition coefficient (Wildman–Crippen LogP) is 1.77. The van der Waals surface area contributed by atoms with Crippen LogP contribution >= 0.6 is 11.8 Å². The highest BCUT2D eigenvalue weighted by Crippen LogP contribution is 2.17. The number of carbonyl (C=O) groups excluding carboxylic acids is 1. The van der Waals surface area contributed by atoms with E-state index in [1.807, 2.05) is 18.2 Å². The largest absolute Gasteiger partial charge is 0.480 e. The van der Waals surface area contributed by atoms with Gasteiger partial charge in [0.1, 0.15) is 6.04 Å². The minimum absolute atomic E-state index is 0.350. The number of nitriles is 1. The molecule has 1 aromatic carbocycles. The number of thioether (sulfide) groups is 1. The third-order valence-electron chi connectivity index (χ3n) is 2.62. The van der Waals surface area contributed by atoms with Crippen LogP contribution in [0, 0.1) is 11.3 Å². The fourth-order valence-corrected chi connectivity index (χ4v) is 2.66. The molecule has 106 valence electrons. The number of benzene rings is 1. The zero-order valence-corrected chi connectivity index (χ0v) is 11.9. The van der Waals surface area contributed by atoms with Crippen molar-refractivity contribution in [2.24, 2.45) is 0 Å². The number of amides is 1. The van der Waals surface area contributed by atoms with Gasteiger partial charge in [-0.3, -0.25) is 4.79 Å². The van der Waals surface area contributed by atoms with Crippen molar-refractivity contribution in [3.63, 3.8) is 0 Å². The maximum Gasteiger partial charge on any atom is 0.326 e. The molecule has 0 aliphatic heterocycles. The fourth-order valence-electron chi connectivity index (χ4n) is 1.64. The second kappa shape index (κ2) is 8.23. The Kier molecular flexibility index (Phi) is 6.60. The van der Waals surface area contributed by atoms with Crippen molar-refractivity contribution in [2.75, 3.05) is 5.75 Å². The molecule has 0 aliphatic carbocycles. The van der Waals surface area contributed by atoms with Crippen LogP contribution in [0.1, 0.15) is 24.5 Å². The van der Waals surface area contributed by atoms with Gasteiger partial charge in [0.25, 0.3) is 0 Å². The van der Waals surface area contributed by atoms with E-state index < -0.39 is 12.0 Å². The molecule has 0 heterocycles. The van der Waals surface area contributed by atoms with Gasteiger partial charge >= 0.3 is 5.97 Å². The molecule has 0 aromatic heterocycles. The van der Waals surface area contributed by atoms with Crippen LogP contribution in [0.15, 0.2) is 24.3 Å². The Morgan fingerprint density at radius 1 is 1.45 bits per heavy atom. The Morgan fingerprint density at radius 2 is 2.15 bits per heavy atom. The minimum atomic E-state index is -1.03. The van der Waals surface area contributed by atoms with Gasteiger partial charge in [-0.15, -0.1) is 0 Å². The van der Waals surface area contributed by atoms with Crippen LogP contribution in [-0.2, 0) is 15.3 Å². The molecule has 1 aromatic rings. The number of hydrogen-bond donors (Lipinski definition) is 2. The first-order valence-corrected chi connectivity index (χ1v) is 7.25. The molecule has 2 N–H and O–H groups in total. The van der Waals surface area contributed by atoms with Crippen molar-refractivity contribution in [3.8, 4) is 6.07 Å². The number of hydrogen-bond acceptors (Lipinski definition) is 4. The molecule has 0 aliphatic rings. The van der Waals surface area contributed by atoms with Crippen LogP contribution in [0.4, 0.5) is 0 Å². The maximum absolute atomic E-state index is 10.9. The van der Waals surface area contributed by atoms with Crippen molar-refractivity contribution >= 4 is 23.6 Å². The van der Waals surface area contributed by atoms with E-state index >= 15 is 0 Å². The molecule has 1 rings (SSSR count). The quantitative estimate of drug-likeness (QED) is 0.747. The van der Waals surface area contributed by atoms with Crippen LogP contribution in [-0.4, -0.2) is 28.8 Å². The average Bonchev–Trinajstić information content (AvgIpc) is 2.42. The average molecular weight is 292 g/mol. The van der Waals surface area contributed by atoms with Crippen molar-refractivity contribution in [1.82, 2.24) is 5.32 Å². The molecule has 5 nitrogen and oxygen atoms in total. The Bertz CT molecular complexity index is 525.